The summed E-state index contributed by atoms with van der Waals surface area (Å²) in [6.45, 7) is 0. The molecule has 1 saturated heterocycles. The summed E-state index contributed by atoms with van der Waals surface area (Å²) in [5.41, 5.74) is 5.67. The molecule has 2 N–H and O–H groups in total. The highest BCUT2D eigenvalue weighted by Crippen LogP contribution is 2.43. The molecule has 0 spiro atoms. The van der Waals surface area contributed by atoms with Gasteiger partial charge in [-0.05, 0) is 60.9 Å². The average Bonchev–Trinajstić information content (AvgIpc) is 3.33. The molecule has 2 aromatic heterocycles. The second-order valence-corrected chi connectivity index (χ2v) is 8.77. The van der Waals surface area contributed by atoms with Crippen LogP contribution in [-0.2, 0) is 13.5 Å². The molecular formula is C22H21N3S. The van der Waals surface area contributed by atoms with Crippen LogP contribution in [0.5, 0.6) is 0 Å². The van der Waals surface area contributed by atoms with Gasteiger partial charge in [0.15, 0.2) is 0 Å². The van der Waals surface area contributed by atoms with Crippen molar-refractivity contribution in [2.75, 3.05) is 0 Å². The van der Waals surface area contributed by atoms with Gasteiger partial charge in [-0.2, -0.15) is 0 Å². The molecule has 2 aromatic carbocycles. The van der Waals surface area contributed by atoms with E-state index in [4.69, 9.17) is 0 Å². The molecule has 4 aromatic rings. The third-order valence-corrected chi connectivity index (χ3v) is 7.10. The van der Waals surface area contributed by atoms with Gasteiger partial charge in [-0.1, -0.05) is 11.8 Å². The van der Waals surface area contributed by atoms with E-state index in [2.05, 4.69) is 64.4 Å². The maximum absolute atomic E-state index is 3.81. The molecule has 2 atom stereocenters. The van der Waals surface area contributed by atoms with Crippen molar-refractivity contribution in [3.8, 4) is 0 Å². The fourth-order valence-electron chi connectivity index (χ4n) is 4.88. The SMILES string of the molecule is Cn1c2c(c3cc(Sc4ccc5[nH]ccc5c4)ccc31)C1CCC(C2)N1. The topological polar surface area (TPSA) is 32.8 Å². The van der Waals surface area contributed by atoms with Gasteiger partial charge >= 0.3 is 0 Å². The van der Waals surface area contributed by atoms with Gasteiger partial charge in [-0.15, -0.1) is 0 Å². The van der Waals surface area contributed by atoms with Crippen LogP contribution >= 0.6 is 11.8 Å². The molecule has 3 nitrogen and oxygen atoms in total. The first-order valence-electron chi connectivity index (χ1n) is 9.38. The van der Waals surface area contributed by atoms with E-state index in [0.29, 0.717) is 12.1 Å². The third kappa shape index (κ3) is 2.12. The zero-order valence-corrected chi connectivity index (χ0v) is 15.6. The first-order chi connectivity index (χ1) is 12.8. The van der Waals surface area contributed by atoms with Crippen LogP contribution in [0.15, 0.2) is 58.5 Å². The first kappa shape index (κ1) is 14.9. The molecule has 0 saturated carbocycles. The van der Waals surface area contributed by atoms with E-state index in [1.165, 1.54) is 50.9 Å². The minimum absolute atomic E-state index is 0.545. The number of aromatic nitrogens is 2. The van der Waals surface area contributed by atoms with Crippen molar-refractivity contribution in [3.63, 3.8) is 0 Å². The van der Waals surface area contributed by atoms with E-state index in [1.807, 2.05) is 18.0 Å². The molecule has 1 fully saturated rings. The lowest BCUT2D eigenvalue weighted by Gasteiger charge is -2.23. The molecule has 26 heavy (non-hydrogen) atoms. The van der Waals surface area contributed by atoms with Crippen molar-refractivity contribution in [2.45, 2.75) is 41.1 Å². The van der Waals surface area contributed by atoms with Crippen molar-refractivity contribution < 1.29 is 0 Å². The number of H-pyrrole nitrogens is 1. The number of nitrogens with zero attached hydrogens (tertiary/aromatic N) is 1. The van der Waals surface area contributed by atoms with Crippen molar-refractivity contribution >= 4 is 33.6 Å². The van der Waals surface area contributed by atoms with E-state index in [0.717, 1.165) is 0 Å². The Morgan fingerprint density at radius 1 is 1.04 bits per heavy atom. The Morgan fingerprint density at radius 2 is 1.92 bits per heavy atom. The van der Waals surface area contributed by atoms with Crippen molar-refractivity contribution in [1.82, 2.24) is 14.9 Å². The number of aryl methyl sites for hydroxylation is 1. The van der Waals surface area contributed by atoms with E-state index < -0.39 is 0 Å². The van der Waals surface area contributed by atoms with E-state index >= 15 is 0 Å². The zero-order valence-electron chi connectivity index (χ0n) is 14.8. The molecule has 2 aliphatic heterocycles. The zero-order chi connectivity index (χ0) is 17.3. The molecular weight excluding hydrogens is 338 g/mol. The fraction of sp³-hybridized carbons (Fsp3) is 0.273. The number of hydrogen-bond donors (Lipinski definition) is 2. The lowest BCUT2D eigenvalue weighted by molar-refractivity contribution is 0.503. The summed E-state index contributed by atoms with van der Waals surface area (Å²) in [6, 6.07) is 17.0. The number of fused-ring (bicyclic) bond motifs is 7. The van der Waals surface area contributed by atoms with E-state index in [1.54, 1.807) is 11.3 Å². The number of benzene rings is 2. The molecule has 2 unspecified atom stereocenters. The lowest BCUT2D eigenvalue weighted by atomic mass is 9.99. The summed E-state index contributed by atoms with van der Waals surface area (Å²) in [6.07, 6.45) is 5.76. The molecule has 2 aliphatic rings. The highest BCUT2D eigenvalue weighted by atomic mass is 32.2. The Balaban J connectivity index is 1.44. The van der Waals surface area contributed by atoms with Gasteiger partial charge < -0.3 is 14.9 Å². The highest BCUT2D eigenvalue weighted by Gasteiger charge is 2.35. The van der Waals surface area contributed by atoms with Gasteiger partial charge in [-0.25, -0.2) is 0 Å². The monoisotopic (exact) mass is 359 g/mol. The van der Waals surface area contributed by atoms with Crippen molar-refractivity contribution in [1.29, 1.82) is 0 Å². The van der Waals surface area contributed by atoms with Gasteiger partial charge in [0.2, 0.25) is 0 Å². The van der Waals surface area contributed by atoms with Crippen LogP contribution in [0.1, 0.15) is 30.1 Å². The van der Waals surface area contributed by atoms with Crippen LogP contribution in [0.2, 0.25) is 0 Å². The molecule has 4 heteroatoms. The lowest BCUT2D eigenvalue weighted by Crippen LogP contribution is -2.32. The second kappa shape index (κ2) is 5.41. The Bertz CT molecular complexity index is 1150. The number of rotatable bonds is 2. The summed E-state index contributed by atoms with van der Waals surface area (Å²) in [5.74, 6) is 0. The first-order valence-corrected chi connectivity index (χ1v) is 10.2. The quantitative estimate of drug-likeness (QED) is 0.518. The molecule has 0 radical (unpaired) electrons. The van der Waals surface area contributed by atoms with Crippen LogP contribution < -0.4 is 5.32 Å². The van der Waals surface area contributed by atoms with Gasteiger partial charge in [0.25, 0.3) is 0 Å². The summed E-state index contributed by atoms with van der Waals surface area (Å²) in [7, 11) is 2.23. The van der Waals surface area contributed by atoms with Crippen LogP contribution in [-0.4, -0.2) is 15.6 Å². The summed E-state index contributed by atoms with van der Waals surface area (Å²) >= 11 is 1.86. The maximum Gasteiger partial charge on any atom is 0.0484 e. The molecule has 6 rings (SSSR count). The molecule has 130 valence electrons. The summed E-state index contributed by atoms with van der Waals surface area (Å²) < 4.78 is 2.43. The number of aromatic amines is 1. The second-order valence-electron chi connectivity index (χ2n) is 7.62. The normalized spacial score (nSPS) is 21.6. The molecule has 2 bridgehead atoms. The van der Waals surface area contributed by atoms with Crippen LogP contribution in [0.25, 0.3) is 21.8 Å². The van der Waals surface area contributed by atoms with Gasteiger partial charge in [0, 0.05) is 69.0 Å². The Labute approximate surface area is 156 Å². The van der Waals surface area contributed by atoms with Gasteiger partial charge in [0.1, 0.15) is 0 Å². The standard InChI is InChI=1S/C22H21N3S/c1-25-20-7-4-16(26-15-3-6-18-13(10-15)8-9-23-18)12-17(20)22-19-5-2-14(24-19)11-21(22)25/h3-4,6-10,12,14,19,23-24H,2,5,11H2,1H3. The minimum Gasteiger partial charge on any atom is -0.361 e. The van der Waals surface area contributed by atoms with Crippen molar-refractivity contribution in [3.05, 3.63) is 59.9 Å². The molecule has 4 heterocycles. The Morgan fingerprint density at radius 3 is 2.88 bits per heavy atom. The molecule has 0 aliphatic carbocycles. The Kier molecular flexibility index (Phi) is 3.11. The van der Waals surface area contributed by atoms with Crippen LogP contribution in [0, 0.1) is 0 Å². The van der Waals surface area contributed by atoms with Gasteiger partial charge in [0.05, 0.1) is 0 Å². The minimum atomic E-state index is 0.545. The van der Waals surface area contributed by atoms with E-state index in [9.17, 15) is 0 Å². The van der Waals surface area contributed by atoms with E-state index in [-0.39, 0.29) is 0 Å². The number of nitrogens with one attached hydrogen (secondary N) is 2. The Hall–Kier alpha value is -2.17. The average molecular weight is 359 g/mol. The largest absolute Gasteiger partial charge is 0.361 e. The van der Waals surface area contributed by atoms with Gasteiger partial charge in [-0.3, -0.25) is 0 Å². The predicted molar refractivity (Wildman–Crippen MR) is 108 cm³/mol. The summed E-state index contributed by atoms with van der Waals surface area (Å²) in [5, 5.41) is 6.53. The van der Waals surface area contributed by atoms with Crippen LogP contribution in [0.4, 0.5) is 0 Å². The predicted octanol–water partition coefficient (Wildman–Crippen LogP) is 5.16. The maximum atomic E-state index is 3.81. The number of hydrogen-bond acceptors (Lipinski definition) is 2. The summed E-state index contributed by atoms with van der Waals surface area (Å²) in [4.78, 5) is 5.88. The smallest absolute Gasteiger partial charge is 0.0484 e. The van der Waals surface area contributed by atoms with Crippen LogP contribution in [0.3, 0.4) is 0 Å². The fourth-order valence-corrected chi connectivity index (χ4v) is 5.78. The highest BCUT2D eigenvalue weighted by molar-refractivity contribution is 7.99. The molecule has 0 amide bonds. The van der Waals surface area contributed by atoms with Crippen molar-refractivity contribution in [2.24, 2.45) is 7.05 Å². The third-order valence-electron chi connectivity index (χ3n) is 6.12.